The maximum atomic E-state index is 13.5. The Morgan fingerprint density at radius 2 is 1.79 bits per heavy atom. The number of hydrogen-bond acceptors (Lipinski definition) is 8. The summed E-state index contributed by atoms with van der Waals surface area (Å²) >= 11 is 0.966. The zero-order chi connectivity index (χ0) is 28.3. The summed E-state index contributed by atoms with van der Waals surface area (Å²) in [7, 11) is 1.27. The van der Waals surface area contributed by atoms with E-state index in [0.717, 1.165) is 41.7 Å². The number of ketones is 1. The highest BCUT2D eigenvalue weighted by Gasteiger charge is 2.48. The van der Waals surface area contributed by atoms with Gasteiger partial charge in [-0.15, -0.1) is 0 Å². The van der Waals surface area contributed by atoms with Crippen molar-refractivity contribution in [1.82, 2.24) is 4.98 Å². The molecule has 1 fully saturated rings. The summed E-state index contributed by atoms with van der Waals surface area (Å²) in [4.78, 5) is 45.1. The Kier molecular flexibility index (Phi) is 8.50. The standard InChI is InChI=1S/C30H32N2O6S/c1-6-7-8-15-38-21-13-11-20(12-14-21)24-23(25(33)22-16-17(2)9-10-18(22)3)26(34)28(35)32(24)30-31-19(4)27(39-30)29(36)37-5/h9-14,16,24,33H,6-8,15H2,1-5H3. The molecule has 1 aromatic heterocycles. The first-order chi connectivity index (χ1) is 18.7. The van der Waals surface area contributed by atoms with E-state index in [-0.39, 0.29) is 21.3 Å². The van der Waals surface area contributed by atoms with Crippen molar-refractivity contribution in [1.29, 1.82) is 0 Å². The highest BCUT2D eigenvalue weighted by atomic mass is 32.1. The molecule has 1 aliphatic rings. The second kappa shape index (κ2) is 11.8. The number of nitrogens with zero attached hydrogens (tertiary/aromatic N) is 2. The van der Waals surface area contributed by atoms with Gasteiger partial charge in [0.2, 0.25) is 0 Å². The van der Waals surface area contributed by atoms with Gasteiger partial charge in [-0.25, -0.2) is 9.78 Å². The fraction of sp³-hybridized carbons (Fsp3) is 0.333. The number of carbonyl (C=O) groups excluding carboxylic acids is 3. The Balaban J connectivity index is 1.84. The Hall–Kier alpha value is -3.98. The number of aryl methyl sites for hydroxylation is 3. The number of esters is 1. The molecular formula is C30H32N2O6S. The minimum Gasteiger partial charge on any atom is -0.507 e. The fourth-order valence-corrected chi connectivity index (χ4v) is 5.55. The zero-order valence-electron chi connectivity index (χ0n) is 22.7. The van der Waals surface area contributed by atoms with Crippen molar-refractivity contribution in [3.63, 3.8) is 0 Å². The van der Waals surface area contributed by atoms with Crippen LogP contribution in [0.15, 0.2) is 48.0 Å². The number of ether oxygens (including phenoxy) is 2. The van der Waals surface area contributed by atoms with Crippen molar-refractivity contribution in [3.05, 3.63) is 80.9 Å². The van der Waals surface area contributed by atoms with Gasteiger partial charge in [0.25, 0.3) is 5.78 Å². The number of carbonyl (C=O) groups is 3. The molecule has 0 bridgehead atoms. The monoisotopic (exact) mass is 548 g/mol. The van der Waals surface area contributed by atoms with Gasteiger partial charge in [-0.3, -0.25) is 14.5 Å². The van der Waals surface area contributed by atoms with Gasteiger partial charge in [-0.2, -0.15) is 0 Å². The average molecular weight is 549 g/mol. The van der Waals surface area contributed by atoms with Gasteiger partial charge < -0.3 is 14.6 Å². The molecule has 39 heavy (non-hydrogen) atoms. The summed E-state index contributed by atoms with van der Waals surface area (Å²) in [5.41, 5.74) is 3.06. The summed E-state index contributed by atoms with van der Waals surface area (Å²) in [6, 6.07) is 11.7. The zero-order valence-corrected chi connectivity index (χ0v) is 23.6. The Morgan fingerprint density at radius 3 is 2.46 bits per heavy atom. The molecule has 4 rings (SSSR count). The van der Waals surface area contributed by atoms with Crippen LogP contribution in [-0.4, -0.2) is 41.5 Å². The molecule has 0 saturated carbocycles. The van der Waals surface area contributed by atoms with Gasteiger partial charge in [0, 0.05) is 5.56 Å². The largest absolute Gasteiger partial charge is 0.507 e. The van der Waals surface area contributed by atoms with E-state index >= 15 is 0 Å². The van der Waals surface area contributed by atoms with Crippen LogP contribution in [0, 0.1) is 20.8 Å². The van der Waals surface area contributed by atoms with Gasteiger partial charge in [-0.1, -0.05) is 60.9 Å². The molecule has 0 spiro atoms. The van der Waals surface area contributed by atoms with Gasteiger partial charge in [0.05, 0.1) is 31.0 Å². The van der Waals surface area contributed by atoms with E-state index in [1.54, 1.807) is 37.3 Å². The van der Waals surface area contributed by atoms with Gasteiger partial charge in [-0.05, 0) is 56.5 Å². The number of hydrogen-bond donors (Lipinski definition) is 1. The summed E-state index contributed by atoms with van der Waals surface area (Å²) in [5, 5.41) is 11.6. The van der Waals surface area contributed by atoms with Crippen LogP contribution in [0.2, 0.25) is 0 Å². The summed E-state index contributed by atoms with van der Waals surface area (Å²) in [6.45, 7) is 8.07. The van der Waals surface area contributed by atoms with Crippen LogP contribution in [0.3, 0.4) is 0 Å². The number of aliphatic hydroxyl groups excluding tert-OH is 1. The van der Waals surface area contributed by atoms with E-state index in [4.69, 9.17) is 9.47 Å². The Bertz CT molecular complexity index is 1440. The van der Waals surface area contributed by atoms with Crippen LogP contribution in [0.25, 0.3) is 5.76 Å². The molecule has 0 radical (unpaired) electrons. The first-order valence-corrected chi connectivity index (χ1v) is 13.7. The smallest absolute Gasteiger partial charge is 0.350 e. The number of aliphatic hydroxyl groups is 1. The van der Waals surface area contributed by atoms with Crippen LogP contribution in [0.4, 0.5) is 5.13 Å². The lowest BCUT2D eigenvalue weighted by Crippen LogP contribution is -2.29. The van der Waals surface area contributed by atoms with Crippen LogP contribution in [0.1, 0.15) is 69.8 Å². The summed E-state index contributed by atoms with van der Waals surface area (Å²) in [5.74, 6) is -1.84. The number of unbranched alkanes of at least 4 members (excludes halogenated alkanes) is 2. The Morgan fingerprint density at radius 1 is 1.08 bits per heavy atom. The van der Waals surface area contributed by atoms with Gasteiger partial charge in [0.15, 0.2) is 5.13 Å². The van der Waals surface area contributed by atoms with E-state index in [1.807, 2.05) is 26.0 Å². The lowest BCUT2D eigenvalue weighted by atomic mass is 9.93. The molecule has 204 valence electrons. The van der Waals surface area contributed by atoms with Crippen molar-refractivity contribution in [2.24, 2.45) is 0 Å². The maximum absolute atomic E-state index is 13.5. The number of benzene rings is 2. The molecule has 1 saturated heterocycles. The minimum atomic E-state index is -0.963. The molecule has 3 aromatic rings. The SMILES string of the molecule is CCCCCOc1ccc(C2C(=C(O)c3cc(C)ccc3C)C(=O)C(=O)N2c2nc(C)c(C(=O)OC)s2)cc1. The first-order valence-electron chi connectivity index (χ1n) is 12.8. The second-order valence-electron chi connectivity index (χ2n) is 9.51. The number of aromatic nitrogens is 1. The van der Waals surface area contributed by atoms with Crippen LogP contribution in [0.5, 0.6) is 5.75 Å². The molecular weight excluding hydrogens is 516 g/mol. The van der Waals surface area contributed by atoms with E-state index in [0.29, 0.717) is 29.2 Å². The predicted octanol–water partition coefficient (Wildman–Crippen LogP) is 6.05. The van der Waals surface area contributed by atoms with E-state index in [1.165, 1.54) is 12.0 Å². The van der Waals surface area contributed by atoms with Gasteiger partial charge in [0.1, 0.15) is 16.4 Å². The second-order valence-corrected chi connectivity index (χ2v) is 10.5. The third-order valence-corrected chi connectivity index (χ3v) is 7.80. The highest BCUT2D eigenvalue weighted by Crippen LogP contribution is 2.44. The summed E-state index contributed by atoms with van der Waals surface area (Å²) < 4.78 is 10.7. The van der Waals surface area contributed by atoms with Crippen molar-refractivity contribution < 1.29 is 29.0 Å². The average Bonchev–Trinajstić information content (AvgIpc) is 3.44. The highest BCUT2D eigenvalue weighted by molar-refractivity contribution is 7.17. The van der Waals surface area contributed by atoms with Crippen molar-refractivity contribution in [2.75, 3.05) is 18.6 Å². The number of methoxy groups -OCH3 is 1. The molecule has 1 N–H and O–H groups in total. The lowest BCUT2D eigenvalue weighted by molar-refractivity contribution is -0.132. The molecule has 2 aromatic carbocycles. The lowest BCUT2D eigenvalue weighted by Gasteiger charge is -2.23. The minimum absolute atomic E-state index is 0.0437. The number of anilines is 1. The summed E-state index contributed by atoms with van der Waals surface area (Å²) in [6.07, 6.45) is 3.11. The third-order valence-electron chi connectivity index (χ3n) is 6.67. The molecule has 1 atom stereocenters. The molecule has 2 heterocycles. The quantitative estimate of drug-likeness (QED) is 0.114. The van der Waals surface area contributed by atoms with E-state index in [9.17, 15) is 19.5 Å². The first kappa shape index (κ1) is 28.0. The Labute approximate surface area is 231 Å². The van der Waals surface area contributed by atoms with Crippen LogP contribution < -0.4 is 9.64 Å². The van der Waals surface area contributed by atoms with Crippen molar-refractivity contribution >= 4 is 39.9 Å². The molecule has 1 amide bonds. The molecule has 1 unspecified atom stereocenters. The fourth-order valence-electron chi connectivity index (χ4n) is 4.54. The molecule has 0 aliphatic carbocycles. The van der Waals surface area contributed by atoms with Crippen molar-refractivity contribution in [3.8, 4) is 5.75 Å². The topological polar surface area (TPSA) is 106 Å². The predicted molar refractivity (Wildman–Crippen MR) is 150 cm³/mol. The number of rotatable bonds is 9. The van der Waals surface area contributed by atoms with Crippen LogP contribution in [-0.2, 0) is 14.3 Å². The molecule has 8 nitrogen and oxygen atoms in total. The maximum Gasteiger partial charge on any atom is 0.350 e. The normalized spacial score (nSPS) is 16.5. The molecule has 1 aliphatic heterocycles. The number of Topliss-reactive ketones (excluding diaryl/α,β-unsaturated/α-hetero) is 1. The van der Waals surface area contributed by atoms with Gasteiger partial charge >= 0.3 is 11.9 Å². The molecule has 9 heteroatoms. The number of thiazole rings is 1. The van der Waals surface area contributed by atoms with E-state index in [2.05, 4.69) is 11.9 Å². The third kappa shape index (κ3) is 5.59. The number of amides is 1. The van der Waals surface area contributed by atoms with Crippen LogP contribution >= 0.6 is 11.3 Å². The van der Waals surface area contributed by atoms with E-state index < -0.39 is 23.7 Å². The van der Waals surface area contributed by atoms with Crippen molar-refractivity contribution in [2.45, 2.75) is 53.0 Å².